The number of phenols is 1. The van der Waals surface area contributed by atoms with Crippen molar-refractivity contribution < 1.29 is 14.3 Å². The monoisotopic (exact) mass is 576 g/mol. The van der Waals surface area contributed by atoms with E-state index in [1.54, 1.807) is 23.2 Å². The minimum atomic E-state index is -0.711. The van der Waals surface area contributed by atoms with Crippen LogP contribution in [-0.2, 0) is 11.2 Å². The smallest absolute Gasteiger partial charge is 0.357 e. The lowest BCUT2D eigenvalue weighted by Crippen LogP contribution is -2.54. The van der Waals surface area contributed by atoms with Gasteiger partial charge < -0.3 is 14.9 Å². The number of benzene rings is 1. The van der Waals surface area contributed by atoms with Crippen molar-refractivity contribution in [3.8, 4) is 22.8 Å². The number of fused-ring (bicyclic) bond motifs is 1. The fourth-order valence-electron chi connectivity index (χ4n) is 5.27. The first-order chi connectivity index (χ1) is 19.6. The quantitative estimate of drug-likeness (QED) is 0.330. The summed E-state index contributed by atoms with van der Waals surface area (Å²) in [4.78, 5) is 43.4. The third kappa shape index (κ3) is 5.27. The van der Waals surface area contributed by atoms with Gasteiger partial charge in [0.05, 0.1) is 21.7 Å². The largest absolute Gasteiger partial charge is 0.507 e. The van der Waals surface area contributed by atoms with Gasteiger partial charge in [0, 0.05) is 31.9 Å². The Balaban J connectivity index is 1.79. The predicted octanol–water partition coefficient (Wildman–Crippen LogP) is 4.76. The van der Waals surface area contributed by atoms with Crippen LogP contribution in [0.15, 0.2) is 60.0 Å². The topological polar surface area (TPSA) is 104 Å². The Kier molecular flexibility index (Phi) is 7.77. The SMILES string of the molecule is C=CC(=O)N1CCN(c2nc(=O)n(-c3ncccc3CC(C)C)c3nc(-c4c(O)cccc4F)c(Cl)cc23)[C@@H](C)C1. The molecule has 0 saturated carbocycles. The Morgan fingerprint density at radius 3 is 2.68 bits per heavy atom. The molecule has 1 saturated heterocycles. The lowest BCUT2D eigenvalue weighted by Gasteiger charge is -2.40. The number of anilines is 1. The van der Waals surface area contributed by atoms with Crippen LogP contribution >= 0.6 is 11.6 Å². The van der Waals surface area contributed by atoms with Crippen LogP contribution in [0.1, 0.15) is 26.3 Å². The van der Waals surface area contributed by atoms with Gasteiger partial charge in [-0.15, -0.1) is 0 Å². The minimum Gasteiger partial charge on any atom is -0.507 e. The van der Waals surface area contributed by atoms with Gasteiger partial charge in [0.2, 0.25) is 5.91 Å². The summed E-state index contributed by atoms with van der Waals surface area (Å²) in [6, 6.07) is 9.01. The fourth-order valence-corrected chi connectivity index (χ4v) is 5.52. The highest BCUT2D eigenvalue weighted by Crippen LogP contribution is 2.38. The van der Waals surface area contributed by atoms with E-state index in [1.165, 1.54) is 28.8 Å². The predicted molar refractivity (Wildman–Crippen MR) is 157 cm³/mol. The van der Waals surface area contributed by atoms with Crippen LogP contribution in [0.3, 0.4) is 0 Å². The van der Waals surface area contributed by atoms with Crippen LogP contribution < -0.4 is 10.6 Å². The first-order valence-electron chi connectivity index (χ1n) is 13.3. The first kappa shape index (κ1) is 28.2. The number of pyridine rings is 2. The van der Waals surface area contributed by atoms with Gasteiger partial charge in [-0.3, -0.25) is 4.79 Å². The van der Waals surface area contributed by atoms with Crippen molar-refractivity contribution in [3.63, 3.8) is 0 Å². The first-order valence-corrected chi connectivity index (χ1v) is 13.7. The Morgan fingerprint density at radius 2 is 2.00 bits per heavy atom. The molecule has 1 amide bonds. The second-order valence-corrected chi connectivity index (χ2v) is 10.9. The standard InChI is InChI=1S/C30H30ClFN6O3/c1-5-24(40)36-12-13-37(18(4)16-36)28-20-15-21(31)26(25-22(32)9-6-10-23(25)39)34-29(20)38(30(41)35-28)27-19(14-17(2)3)8-7-11-33-27/h5-11,15,17-18,39H,1,12-14,16H2,2-4H3/t18-/m0/s1. The molecule has 0 unspecified atom stereocenters. The van der Waals surface area contributed by atoms with Crippen molar-refractivity contribution >= 4 is 34.4 Å². The summed E-state index contributed by atoms with van der Waals surface area (Å²) >= 11 is 6.70. The van der Waals surface area contributed by atoms with Gasteiger partial charge in [-0.1, -0.05) is 44.2 Å². The molecule has 0 radical (unpaired) electrons. The van der Waals surface area contributed by atoms with E-state index in [0.29, 0.717) is 43.1 Å². The molecule has 9 nitrogen and oxygen atoms in total. The zero-order chi connectivity index (χ0) is 29.4. The maximum atomic E-state index is 15.0. The van der Waals surface area contributed by atoms with E-state index < -0.39 is 11.5 Å². The fraction of sp³-hybridized carbons (Fsp3) is 0.300. The lowest BCUT2D eigenvalue weighted by molar-refractivity contribution is -0.126. The van der Waals surface area contributed by atoms with Gasteiger partial charge in [0.15, 0.2) is 5.65 Å². The van der Waals surface area contributed by atoms with Crippen molar-refractivity contribution in [2.45, 2.75) is 33.2 Å². The van der Waals surface area contributed by atoms with Gasteiger partial charge in [0.25, 0.3) is 0 Å². The zero-order valence-corrected chi connectivity index (χ0v) is 23.8. The minimum absolute atomic E-state index is 0.0177. The Bertz CT molecular complexity index is 1700. The molecule has 0 bridgehead atoms. The average Bonchev–Trinajstić information content (AvgIpc) is 2.93. The van der Waals surface area contributed by atoms with Crippen LogP contribution in [0.4, 0.5) is 10.2 Å². The van der Waals surface area contributed by atoms with Crippen LogP contribution in [0.25, 0.3) is 28.1 Å². The van der Waals surface area contributed by atoms with Gasteiger partial charge >= 0.3 is 5.69 Å². The number of rotatable bonds is 6. The molecule has 1 atom stereocenters. The maximum absolute atomic E-state index is 15.0. The van der Waals surface area contributed by atoms with E-state index >= 15 is 0 Å². The number of aromatic nitrogens is 4. The summed E-state index contributed by atoms with van der Waals surface area (Å²) in [5.74, 6) is -0.232. The number of aromatic hydroxyl groups is 1. The molecule has 3 aromatic heterocycles. The second-order valence-electron chi connectivity index (χ2n) is 10.5. The molecule has 5 rings (SSSR count). The molecular weight excluding hydrogens is 547 g/mol. The van der Waals surface area contributed by atoms with E-state index in [0.717, 1.165) is 5.56 Å². The number of hydrogen-bond donors (Lipinski definition) is 1. The third-order valence-electron chi connectivity index (χ3n) is 7.12. The van der Waals surface area contributed by atoms with Gasteiger partial charge in [-0.05, 0) is 55.2 Å². The van der Waals surface area contributed by atoms with Crippen molar-refractivity contribution in [2.24, 2.45) is 5.92 Å². The Hall–Kier alpha value is -4.31. The number of amides is 1. The Morgan fingerprint density at radius 1 is 1.22 bits per heavy atom. The van der Waals surface area contributed by atoms with Crippen molar-refractivity contribution in [3.05, 3.63) is 82.1 Å². The summed E-state index contributed by atoms with van der Waals surface area (Å²) in [6.07, 6.45) is 3.51. The molecule has 1 N–H and O–H groups in total. The molecule has 0 spiro atoms. The highest BCUT2D eigenvalue weighted by atomic mass is 35.5. The molecule has 1 aromatic carbocycles. The normalized spacial score (nSPS) is 15.5. The van der Waals surface area contributed by atoms with Crippen LogP contribution in [0.5, 0.6) is 5.75 Å². The Labute approximate surface area is 241 Å². The summed E-state index contributed by atoms with van der Waals surface area (Å²) in [7, 11) is 0. The van der Waals surface area contributed by atoms with Crippen LogP contribution in [0, 0.1) is 11.7 Å². The van der Waals surface area contributed by atoms with E-state index in [2.05, 4.69) is 30.4 Å². The van der Waals surface area contributed by atoms with Crippen molar-refractivity contribution in [1.29, 1.82) is 0 Å². The molecule has 4 heterocycles. The van der Waals surface area contributed by atoms with Gasteiger partial charge in [-0.2, -0.15) is 4.98 Å². The van der Waals surface area contributed by atoms with Crippen molar-refractivity contribution in [1.82, 2.24) is 24.4 Å². The highest BCUT2D eigenvalue weighted by Gasteiger charge is 2.30. The van der Waals surface area contributed by atoms with Crippen LogP contribution in [-0.4, -0.2) is 61.1 Å². The highest BCUT2D eigenvalue weighted by molar-refractivity contribution is 6.34. The molecule has 0 aliphatic carbocycles. The number of halogens is 2. The molecule has 1 aliphatic rings. The van der Waals surface area contributed by atoms with E-state index in [9.17, 15) is 19.1 Å². The number of phenolic OH excluding ortho intramolecular Hbond substituents is 1. The third-order valence-corrected chi connectivity index (χ3v) is 7.41. The van der Waals surface area contributed by atoms with E-state index in [1.807, 2.05) is 17.9 Å². The number of nitrogens with zero attached hydrogens (tertiary/aromatic N) is 6. The van der Waals surface area contributed by atoms with E-state index in [-0.39, 0.29) is 45.5 Å². The number of piperazine rings is 1. The molecule has 212 valence electrons. The average molecular weight is 577 g/mol. The second kappa shape index (κ2) is 11.3. The number of hydrogen-bond acceptors (Lipinski definition) is 7. The summed E-state index contributed by atoms with van der Waals surface area (Å²) < 4.78 is 16.3. The maximum Gasteiger partial charge on any atom is 0.357 e. The lowest BCUT2D eigenvalue weighted by atomic mass is 10.0. The summed E-state index contributed by atoms with van der Waals surface area (Å²) in [6.45, 7) is 10.8. The van der Waals surface area contributed by atoms with E-state index in [4.69, 9.17) is 16.6 Å². The zero-order valence-electron chi connectivity index (χ0n) is 23.0. The molecule has 11 heteroatoms. The molecule has 1 aliphatic heterocycles. The summed E-state index contributed by atoms with van der Waals surface area (Å²) in [5.41, 5.74) is 0.174. The molecular formula is C30H30ClFN6O3. The van der Waals surface area contributed by atoms with Gasteiger partial charge in [0.1, 0.15) is 23.2 Å². The number of carbonyl (C=O) groups excluding carboxylic acids is 1. The number of carbonyl (C=O) groups is 1. The molecule has 41 heavy (non-hydrogen) atoms. The van der Waals surface area contributed by atoms with Crippen molar-refractivity contribution in [2.75, 3.05) is 24.5 Å². The van der Waals surface area contributed by atoms with Crippen LogP contribution in [0.2, 0.25) is 5.02 Å². The molecule has 1 fully saturated rings. The molecule has 4 aromatic rings. The summed E-state index contributed by atoms with van der Waals surface area (Å²) in [5, 5.41) is 11.1. The van der Waals surface area contributed by atoms with Gasteiger partial charge in [-0.25, -0.2) is 23.7 Å².